The fraction of sp³-hybridized carbons (Fsp3) is 0.522. The molecule has 1 aromatic heterocycles. The molecule has 3 aliphatic rings. The number of hydrazone groups is 1. The summed E-state index contributed by atoms with van der Waals surface area (Å²) in [5.41, 5.74) is 9.38. The van der Waals surface area contributed by atoms with E-state index in [4.69, 9.17) is 0 Å². The Morgan fingerprint density at radius 2 is 2.07 bits per heavy atom. The van der Waals surface area contributed by atoms with Gasteiger partial charge in [0.05, 0.1) is 11.4 Å². The van der Waals surface area contributed by atoms with Crippen LogP contribution in [0.3, 0.4) is 0 Å². The number of aromatic amines is 1. The maximum atomic E-state index is 12.2. The third-order valence-electron chi connectivity index (χ3n) is 6.54. The van der Waals surface area contributed by atoms with Gasteiger partial charge in [0.15, 0.2) is 0 Å². The number of aromatic nitrogens is 1. The number of amides is 1. The number of carbonyl (C=O) groups excluding carboxylic acids is 1. The minimum absolute atomic E-state index is 0.140. The molecule has 1 saturated carbocycles. The van der Waals surface area contributed by atoms with E-state index in [-0.39, 0.29) is 5.91 Å². The Bertz CT molecular complexity index is 914. The van der Waals surface area contributed by atoms with Gasteiger partial charge in [-0.05, 0) is 62.4 Å². The zero-order chi connectivity index (χ0) is 21.1. The van der Waals surface area contributed by atoms with Crippen LogP contribution >= 0.6 is 0 Å². The smallest absolute Gasteiger partial charge is 0.254 e. The first-order valence-electron chi connectivity index (χ1n) is 11.1. The van der Waals surface area contributed by atoms with Crippen LogP contribution in [0.5, 0.6) is 0 Å². The molecule has 1 unspecified atom stereocenters. The molecular weight excluding hydrogens is 376 g/mol. The van der Waals surface area contributed by atoms with E-state index in [9.17, 15) is 4.79 Å². The van der Waals surface area contributed by atoms with E-state index in [1.165, 1.54) is 36.1 Å². The molecule has 1 aliphatic carbocycles. The lowest BCUT2D eigenvalue weighted by Crippen LogP contribution is -2.32. The number of nitrogens with zero attached hydrogens (tertiary/aromatic N) is 3. The highest BCUT2D eigenvalue weighted by molar-refractivity contribution is 6.24. The van der Waals surface area contributed by atoms with Crippen LogP contribution in [-0.4, -0.2) is 47.4 Å². The number of nitrogens with one attached hydrogen (secondary N) is 3. The van der Waals surface area contributed by atoms with Crippen LogP contribution < -0.4 is 10.7 Å². The standard InChI is InChI=1S/C23H32N6O/c1-4-29(5-2)12-9-17-15(3)27-19(21(17)16-7-6-8-16)13-20-22(25-11-10-24-20)18-14-26-28-23(18)30/h10-11,13-14,16,18,24,27H,4-9,12H2,1-3H3,(H,28,30). The molecule has 3 heterocycles. The van der Waals surface area contributed by atoms with Crippen LogP contribution in [-0.2, 0) is 11.2 Å². The number of carbonyl (C=O) groups is 1. The maximum Gasteiger partial charge on any atom is 0.254 e. The van der Waals surface area contributed by atoms with E-state index in [0.29, 0.717) is 11.6 Å². The fourth-order valence-electron chi connectivity index (χ4n) is 4.52. The molecule has 7 nitrogen and oxygen atoms in total. The SMILES string of the molecule is CCN(CC)CCc1c(C)[nH]c(C=C2NC=CN=C2C2C=NNC2=O)c1C1CCC1. The molecule has 0 saturated heterocycles. The van der Waals surface area contributed by atoms with E-state index in [2.05, 4.69) is 57.6 Å². The molecule has 1 atom stereocenters. The van der Waals surface area contributed by atoms with Crippen molar-refractivity contribution in [1.82, 2.24) is 20.6 Å². The van der Waals surface area contributed by atoms with Crippen molar-refractivity contribution in [2.75, 3.05) is 19.6 Å². The van der Waals surface area contributed by atoms with Crippen molar-refractivity contribution in [3.05, 3.63) is 40.6 Å². The molecule has 2 aliphatic heterocycles. The lowest BCUT2D eigenvalue weighted by atomic mass is 9.77. The number of hydrogen-bond acceptors (Lipinski definition) is 5. The quantitative estimate of drug-likeness (QED) is 0.618. The van der Waals surface area contributed by atoms with Gasteiger partial charge < -0.3 is 15.2 Å². The average molecular weight is 409 g/mol. The molecule has 0 spiro atoms. The second-order valence-corrected chi connectivity index (χ2v) is 8.22. The second-order valence-electron chi connectivity index (χ2n) is 8.22. The van der Waals surface area contributed by atoms with Crippen molar-refractivity contribution >= 4 is 23.9 Å². The molecular formula is C23H32N6O. The van der Waals surface area contributed by atoms with Gasteiger partial charge >= 0.3 is 0 Å². The summed E-state index contributed by atoms with van der Waals surface area (Å²) in [6, 6.07) is 0. The van der Waals surface area contributed by atoms with Crippen LogP contribution in [0.4, 0.5) is 0 Å². The van der Waals surface area contributed by atoms with Gasteiger partial charge in [0.25, 0.3) is 5.91 Å². The third-order valence-corrected chi connectivity index (χ3v) is 6.54. The number of H-pyrrole nitrogens is 1. The molecule has 7 heteroatoms. The van der Waals surface area contributed by atoms with Gasteiger partial charge in [-0.1, -0.05) is 20.3 Å². The third kappa shape index (κ3) is 3.99. The lowest BCUT2D eigenvalue weighted by Gasteiger charge is -2.28. The summed E-state index contributed by atoms with van der Waals surface area (Å²) in [6.45, 7) is 9.87. The number of likely N-dealkylation sites (N-methyl/N-ethyl adjacent to an activating group) is 1. The van der Waals surface area contributed by atoms with Gasteiger partial charge in [-0.15, -0.1) is 0 Å². The summed E-state index contributed by atoms with van der Waals surface area (Å²) >= 11 is 0. The molecule has 0 radical (unpaired) electrons. The highest BCUT2D eigenvalue weighted by Crippen LogP contribution is 2.41. The summed E-state index contributed by atoms with van der Waals surface area (Å²) in [6.07, 6.45) is 12.1. The Labute approximate surface area is 178 Å². The van der Waals surface area contributed by atoms with E-state index in [1.54, 1.807) is 18.6 Å². The van der Waals surface area contributed by atoms with Crippen molar-refractivity contribution in [2.24, 2.45) is 16.0 Å². The molecule has 160 valence electrons. The number of aryl methyl sites for hydroxylation is 1. The normalized spacial score (nSPS) is 22.4. The summed E-state index contributed by atoms with van der Waals surface area (Å²) in [5.74, 6) is 0.0157. The van der Waals surface area contributed by atoms with Crippen molar-refractivity contribution in [2.45, 2.75) is 52.4 Å². The highest BCUT2D eigenvalue weighted by atomic mass is 16.2. The first-order valence-corrected chi connectivity index (χ1v) is 11.1. The first kappa shape index (κ1) is 20.6. The maximum absolute atomic E-state index is 12.2. The van der Waals surface area contributed by atoms with Crippen molar-refractivity contribution in [3.63, 3.8) is 0 Å². The Morgan fingerprint density at radius 3 is 2.70 bits per heavy atom. The minimum Gasteiger partial charge on any atom is -0.359 e. The Morgan fingerprint density at radius 1 is 1.27 bits per heavy atom. The minimum atomic E-state index is -0.459. The molecule has 1 fully saturated rings. The largest absolute Gasteiger partial charge is 0.359 e. The fourth-order valence-corrected chi connectivity index (χ4v) is 4.52. The lowest BCUT2D eigenvalue weighted by molar-refractivity contribution is -0.120. The van der Waals surface area contributed by atoms with Crippen LogP contribution in [0.1, 0.15) is 61.5 Å². The van der Waals surface area contributed by atoms with Gasteiger partial charge in [0, 0.05) is 36.5 Å². The van der Waals surface area contributed by atoms with E-state index >= 15 is 0 Å². The number of aliphatic imine (C=N–C) groups is 1. The molecule has 4 rings (SSSR count). The molecule has 0 bridgehead atoms. The first-order chi connectivity index (χ1) is 14.6. The van der Waals surface area contributed by atoms with Crippen molar-refractivity contribution < 1.29 is 4.79 Å². The van der Waals surface area contributed by atoms with Crippen LogP contribution in [0.2, 0.25) is 0 Å². The van der Waals surface area contributed by atoms with Crippen molar-refractivity contribution in [1.29, 1.82) is 0 Å². The topological polar surface area (TPSA) is 84.9 Å². The number of rotatable bonds is 8. The molecule has 0 aromatic carbocycles. The number of allylic oxidation sites excluding steroid dienone is 1. The van der Waals surface area contributed by atoms with Gasteiger partial charge in [-0.2, -0.15) is 5.10 Å². The zero-order valence-corrected chi connectivity index (χ0v) is 18.2. The van der Waals surface area contributed by atoms with Gasteiger partial charge in [-0.25, -0.2) is 5.43 Å². The summed E-state index contributed by atoms with van der Waals surface area (Å²) in [7, 11) is 0. The van der Waals surface area contributed by atoms with E-state index in [0.717, 1.165) is 37.4 Å². The van der Waals surface area contributed by atoms with E-state index < -0.39 is 5.92 Å². The molecule has 1 amide bonds. The zero-order valence-electron chi connectivity index (χ0n) is 18.2. The average Bonchev–Trinajstić information content (AvgIpc) is 3.26. The summed E-state index contributed by atoms with van der Waals surface area (Å²) < 4.78 is 0. The molecule has 1 aromatic rings. The van der Waals surface area contributed by atoms with Crippen LogP contribution in [0.15, 0.2) is 28.2 Å². The van der Waals surface area contributed by atoms with Crippen LogP contribution in [0.25, 0.3) is 6.08 Å². The predicted molar refractivity (Wildman–Crippen MR) is 121 cm³/mol. The molecule has 3 N–H and O–H groups in total. The second kappa shape index (κ2) is 9.00. The summed E-state index contributed by atoms with van der Waals surface area (Å²) in [5, 5.41) is 7.20. The predicted octanol–water partition coefficient (Wildman–Crippen LogP) is 3.06. The number of hydrogen-bond donors (Lipinski definition) is 3. The Kier molecular flexibility index (Phi) is 6.18. The Balaban J connectivity index is 1.67. The monoisotopic (exact) mass is 408 g/mol. The van der Waals surface area contributed by atoms with Crippen molar-refractivity contribution in [3.8, 4) is 0 Å². The van der Waals surface area contributed by atoms with Gasteiger partial charge in [0.1, 0.15) is 5.92 Å². The highest BCUT2D eigenvalue weighted by Gasteiger charge is 2.31. The molecule has 30 heavy (non-hydrogen) atoms. The van der Waals surface area contributed by atoms with Gasteiger partial charge in [0.2, 0.25) is 0 Å². The Hall–Kier alpha value is -2.67. The van der Waals surface area contributed by atoms with Crippen LogP contribution in [0, 0.1) is 12.8 Å². The van der Waals surface area contributed by atoms with Gasteiger partial charge in [-0.3, -0.25) is 9.79 Å². The van der Waals surface area contributed by atoms with E-state index in [1.807, 2.05) is 0 Å². The summed E-state index contributed by atoms with van der Waals surface area (Å²) in [4.78, 5) is 22.8.